The molecule has 27 heavy (non-hydrogen) atoms. The highest BCUT2D eigenvalue weighted by Gasteiger charge is 2.37. The maximum absolute atomic E-state index is 14.1. The van der Waals surface area contributed by atoms with Crippen LogP contribution in [0.4, 0.5) is 0 Å². The molecule has 0 spiro atoms. The van der Waals surface area contributed by atoms with E-state index in [2.05, 4.69) is 4.67 Å². The zero-order valence-electron chi connectivity index (χ0n) is 15.6. The quantitative estimate of drug-likeness (QED) is 0.667. The van der Waals surface area contributed by atoms with Crippen molar-refractivity contribution in [2.24, 2.45) is 0 Å². The number of hydrogen-bond donors (Lipinski definition) is 0. The molecule has 0 bridgehead atoms. The van der Waals surface area contributed by atoms with Crippen LogP contribution in [0.5, 0.6) is 0 Å². The molecule has 5 heteroatoms. The van der Waals surface area contributed by atoms with Crippen molar-refractivity contribution in [2.45, 2.75) is 26.1 Å². The second-order valence-corrected chi connectivity index (χ2v) is 9.55. The van der Waals surface area contributed by atoms with Crippen LogP contribution in [-0.2, 0) is 14.0 Å². The topological polar surface area (TPSA) is 38.8 Å². The highest BCUT2D eigenvalue weighted by molar-refractivity contribution is 7.68. The molecular formula is C22H24NO3P. The Labute approximate surface area is 160 Å². The molecule has 1 fully saturated rings. The van der Waals surface area contributed by atoms with E-state index in [1.54, 1.807) is 11.6 Å². The Hall–Kier alpha value is -2.13. The van der Waals surface area contributed by atoms with Crippen molar-refractivity contribution in [2.75, 3.05) is 13.1 Å². The second-order valence-electron chi connectivity index (χ2n) is 7.12. The minimum atomic E-state index is -2.90. The summed E-state index contributed by atoms with van der Waals surface area (Å²) in [7, 11) is -2.90. The Balaban J connectivity index is 1.78. The summed E-state index contributed by atoms with van der Waals surface area (Å²) in [5, 5.41) is 0. The number of morpholine rings is 1. The zero-order chi connectivity index (χ0) is 18.9. The first-order valence-corrected chi connectivity index (χ1v) is 11.1. The zero-order valence-corrected chi connectivity index (χ0v) is 16.5. The summed E-state index contributed by atoms with van der Waals surface area (Å²) < 4.78 is 28.2. The van der Waals surface area contributed by atoms with Crippen molar-refractivity contribution < 1.29 is 14.0 Å². The first-order valence-electron chi connectivity index (χ1n) is 9.28. The van der Waals surface area contributed by atoms with Crippen LogP contribution >= 0.6 is 7.29 Å². The van der Waals surface area contributed by atoms with E-state index in [0.717, 1.165) is 11.1 Å². The number of benzene rings is 2. The third-order valence-corrected chi connectivity index (χ3v) is 7.20. The fraction of sp³-hybridized carbons (Fsp3) is 0.273. The summed E-state index contributed by atoms with van der Waals surface area (Å²) in [6, 6.07) is 19.7. The Bertz CT molecular complexity index is 838. The van der Waals surface area contributed by atoms with Gasteiger partial charge in [0.2, 0.25) is 7.29 Å². The standard InChI is InChI=1S/C22H24NO3P/c1-17-13-23(14-18(2)25-17)27(24)15-21(19-9-5-3-6-10-19)26-22(16-27)20-11-7-4-8-12-20/h3-12,15-18H,13-14H2,1-2H3/t17-,18+. The van der Waals surface area contributed by atoms with Gasteiger partial charge in [0.1, 0.15) is 11.5 Å². The summed E-state index contributed by atoms with van der Waals surface area (Å²) in [5.41, 5.74) is 1.85. The summed E-state index contributed by atoms with van der Waals surface area (Å²) in [5.74, 6) is 4.90. The molecule has 2 aromatic carbocycles. The van der Waals surface area contributed by atoms with Gasteiger partial charge in [0.15, 0.2) is 0 Å². The van der Waals surface area contributed by atoms with Crippen molar-refractivity contribution in [1.82, 2.24) is 4.67 Å². The Morgan fingerprint density at radius 3 is 1.70 bits per heavy atom. The highest BCUT2D eigenvalue weighted by atomic mass is 31.2. The number of rotatable bonds is 3. The fourth-order valence-electron chi connectivity index (χ4n) is 3.59. The molecule has 0 radical (unpaired) electrons. The van der Waals surface area contributed by atoms with E-state index in [0.29, 0.717) is 24.6 Å². The van der Waals surface area contributed by atoms with Gasteiger partial charge in [-0.2, -0.15) is 0 Å². The third-order valence-electron chi connectivity index (χ3n) is 4.78. The normalized spacial score (nSPS) is 25.3. The fourth-order valence-corrected chi connectivity index (χ4v) is 6.03. The third kappa shape index (κ3) is 3.93. The summed E-state index contributed by atoms with van der Waals surface area (Å²) in [6.45, 7) is 5.33. The van der Waals surface area contributed by atoms with Crippen LogP contribution in [-0.4, -0.2) is 30.0 Å². The molecule has 0 aromatic heterocycles. The monoisotopic (exact) mass is 381 g/mol. The van der Waals surface area contributed by atoms with Crippen LogP contribution in [0.3, 0.4) is 0 Å². The van der Waals surface area contributed by atoms with Crippen LogP contribution in [0.1, 0.15) is 25.0 Å². The van der Waals surface area contributed by atoms with Gasteiger partial charge in [0, 0.05) is 35.9 Å². The van der Waals surface area contributed by atoms with Gasteiger partial charge in [-0.15, -0.1) is 0 Å². The summed E-state index contributed by atoms with van der Waals surface area (Å²) in [4.78, 5) is 0. The molecule has 4 nitrogen and oxygen atoms in total. The van der Waals surface area contributed by atoms with E-state index in [1.165, 1.54) is 0 Å². The van der Waals surface area contributed by atoms with Crippen LogP contribution in [0.2, 0.25) is 0 Å². The van der Waals surface area contributed by atoms with Gasteiger partial charge in [-0.05, 0) is 13.8 Å². The summed E-state index contributed by atoms with van der Waals surface area (Å²) >= 11 is 0. The van der Waals surface area contributed by atoms with Gasteiger partial charge < -0.3 is 9.47 Å². The lowest BCUT2D eigenvalue weighted by molar-refractivity contribution is -0.0442. The van der Waals surface area contributed by atoms with Gasteiger partial charge in [-0.25, -0.2) is 4.67 Å². The van der Waals surface area contributed by atoms with Crippen molar-refractivity contribution in [1.29, 1.82) is 0 Å². The molecule has 1 saturated heterocycles. The van der Waals surface area contributed by atoms with Crippen molar-refractivity contribution in [3.8, 4) is 0 Å². The minimum Gasteiger partial charge on any atom is -0.456 e. The van der Waals surface area contributed by atoms with Crippen molar-refractivity contribution >= 4 is 18.8 Å². The van der Waals surface area contributed by atoms with E-state index in [1.807, 2.05) is 74.5 Å². The number of hydrogen-bond acceptors (Lipinski definition) is 3. The number of ether oxygens (including phenoxy) is 2. The molecule has 0 N–H and O–H groups in total. The molecule has 0 unspecified atom stereocenters. The van der Waals surface area contributed by atoms with Crippen LogP contribution in [0, 0.1) is 0 Å². The Kier molecular flexibility index (Phi) is 5.05. The molecule has 2 atom stereocenters. The molecule has 0 amide bonds. The van der Waals surface area contributed by atoms with E-state index >= 15 is 0 Å². The lowest BCUT2D eigenvalue weighted by Crippen LogP contribution is -2.43. The molecule has 2 heterocycles. The van der Waals surface area contributed by atoms with E-state index in [-0.39, 0.29) is 12.2 Å². The Morgan fingerprint density at radius 1 is 0.815 bits per heavy atom. The van der Waals surface area contributed by atoms with Gasteiger partial charge >= 0.3 is 0 Å². The average molecular weight is 381 g/mol. The van der Waals surface area contributed by atoms with Gasteiger partial charge in [0.05, 0.1) is 12.2 Å². The van der Waals surface area contributed by atoms with Crippen LogP contribution in [0.15, 0.2) is 72.3 Å². The predicted molar refractivity (Wildman–Crippen MR) is 109 cm³/mol. The van der Waals surface area contributed by atoms with E-state index in [4.69, 9.17) is 9.47 Å². The van der Waals surface area contributed by atoms with Gasteiger partial charge in [0.25, 0.3) is 0 Å². The van der Waals surface area contributed by atoms with Gasteiger partial charge in [-0.3, -0.25) is 4.57 Å². The highest BCUT2D eigenvalue weighted by Crippen LogP contribution is 2.59. The van der Waals surface area contributed by atoms with Crippen LogP contribution in [0.25, 0.3) is 11.5 Å². The van der Waals surface area contributed by atoms with Crippen molar-refractivity contribution in [3.05, 3.63) is 83.4 Å². The molecule has 2 aromatic rings. The summed E-state index contributed by atoms with van der Waals surface area (Å²) in [6.07, 6.45) is 0.0918. The average Bonchev–Trinajstić information content (AvgIpc) is 2.68. The molecule has 0 saturated carbocycles. The number of nitrogens with zero attached hydrogens (tertiary/aromatic N) is 1. The van der Waals surface area contributed by atoms with E-state index < -0.39 is 7.29 Å². The molecule has 2 aliphatic heterocycles. The molecule has 4 rings (SSSR count). The minimum absolute atomic E-state index is 0.0459. The first-order chi connectivity index (χ1) is 13.0. The second kappa shape index (κ2) is 7.47. The lowest BCUT2D eigenvalue weighted by atomic mass is 10.2. The maximum atomic E-state index is 14.1. The first kappa shape index (κ1) is 18.2. The largest absolute Gasteiger partial charge is 0.456 e. The molecule has 0 aliphatic carbocycles. The molecular weight excluding hydrogens is 357 g/mol. The SMILES string of the molecule is C[C@@H]1CN(P2(=O)C=C(c3ccccc3)OC(c3ccccc3)=C2)C[C@H](C)O1. The Morgan fingerprint density at radius 2 is 1.26 bits per heavy atom. The van der Waals surface area contributed by atoms with Crippen molar-refractivity contribution in [3.63, 3.8) is 0 Å². The predicted octanol–water partition coefficient (Wildman–Crippen LogP) is 5.40. The van der Waals surface area contributed by atoms with E-state index in [9.17, 15) is 4.57 Å². The molecule has 2 aliphatic rings. The van der Waals surface area contributed by atoms with Crippen LogP contribution < -0.4 is 0 Å². The molecule has 140 valence electrons. The maximum Gasteiger partial charge on any atom is 0.200 e. The lowest BCUT2D eigenvalue weighted by Gasteiger charge is -2.39. The van der Waals surface area contributed by atoms with Gasteiger partial charge in [-0.1, -0.05) is 60.7 Å². The smallest absolute Gasteiger partial charge is 0.200 e.